The molecule has 0 fully saturated rings. The van der Waals surface area contributed by atoms with Crippen LogP contribution in [0.4, 0.5) is 0 Å². The van der Waals surface area contributed by atoms with Crippen molar-refractivity contribution >= 4 is 17.7 Å². The molecule has 21 heavy (non-hydrogen) atoms. The van der Waals surface area contributed by atoms with Gasteiger partial charge < -0.3 is 16.4 Å². The summed E-state index contributed by atoms with van der Waals surface area (Å²) in [6, 6.07) is 7.86. The second-order valence-corrected chi connectivity index (χ2v) is 5.20. The Morgan fingerprint density at radius 3 is 2.29 bits per heavy atom. The molecule has 1 atom stereocenters. The lowest BCUT2D eigenvalue weighted by Gasteiger charge is -2.17. The van der Waals surface area contributed by atoms with Crippen molar-refractivity contribution in [1.82, 2.24) is 10.6 Å². The fourth-order valence-electron chi connectivity index (χ4n) is 1.82. The van der Waals surface area contributed by atoms with Gasteiger partial charge in [0.25, 0.3) is 5.91 Å². The molecule has 0 aromatic heterocycles. The van der Waals surface area contributed by atoms with E-state index >= 15 is 0 Å². The first-order valence-corrected chi connectivity index (χ1v) is 6.82. The molecule has 1 aromatic rings. The van der Waals surface area contributed by atoms with Crippen LogP contribution in [0.2, 0.25) is 0 Å². The second kappa shape index (κ2) is 8.04. The summed E-state index contributed by atoms with van der Waals surface area (Å²) in [5, 5.41) is 5.02. The lowest BCUT2D eigenvalue weighted by molar-refractivity contribution is -0.127. The molecule has 6 heteroatoms. The zero-order valence-corrected chi connectivity index (χ0v) is 12.3. The van der Waals surface area contributed by atoms with Gasteiger partial charge in [-0.25, -0.2) is 0 Å². The number of carbonyl (C=O) groups is 3. The van der Waals surface area contributed by atoms with E-state index in [1.54, 1.807) is 30.3 Å². The standard InChI is InChI=1S/C15H21N3O3/c1-10(2)8-12(14(16)20)18-13(19)9-17-15(21)11-6-4-3-5-7-11/h3-7,10,12H,8-9H2,1-2H3,(H2,16,20)(H,17,21)(H,18,19)/t12-/m0/s1. The van der Waals surface area contributed by atoms with Crippen molar-refractivity contribution in [2.75, 3.05) is 6.54 Å². The number of nitrogens with one attached hydrogen (secondary N) is 2. The van der Waals surface area contributed by atoms with E-state index in [9.17, 15) is 14.4 Å². The Balaban J connectivity index is 2.46. The number of hydrogen-bond donors (Lipinski definition) is 3. The normalized spacial score (nSPS) is 11.8. The Kier molecular flexibility index (Phi) is 6.39. The third kappa shape index (κ3) is 6.07. The number of rotatable bonds is 7. The first kappa shape index (κ1) is 16.7. The van der Waals surface area contributed by atoms with Crippen LogP contribution >= 0.6 is 0 Å². The minimum atomic E-state index is -0.717. The van der Waals surface area contributed by atoms with Gasteiger partial charge >= 0.3 is 0 Å². The van der Waals surface area contributed by atoms with Gasteiger partial charge in [-0.05, 0) is 24.5 Å². The van der Waals surface area contributed by atoms with Crippen molar-refractivity contribution in [3.05, 3.63) is 35.9 Å². The first-order valence-electron chi connectivity index (χ1n) is 6.82. The van der Waals surface area contributed by atoms with Gasteiger partial charge in [-0.15, -0.1) is 0 Å². The Hall–Kier alpha value is -2.37. The Bertz CT molecular complexity index is 500. The van der Waals surface area contributed by atoms with Crippen molar-refractivity contribution in [3.8, 4) is 0 Å². The van der Waals surface area contributed by atoms with Crippen LogP contribution in [0.5, 0.6) is 0 Å². The van der Waals surface area contributed by atoms with Gasteiger partial charge in [0.2, 0.25) is 11.8 Å². The molecule has 0 unspecified atom stereocenters. The minimum absolute atomic E-state index is 0.199. The average Bonchev–Trinajstić information content (AvgIpc) is 2.44. The highest BCUT2D eigenvalue weighted by Crippen LogP contribution is 2.04. The number of hydrogen-bond acceptors (Lipinski definition) is 3. The van der Waals surface area contributed by atoms with E-state index in [-0.39, 0.29) is 18.4 Å². The molecule has 3 amide bonds. The minimum Gasteiger partial charge on any atom is -0.368 e. The molecule has 0 aliphatic rings. The summed E-state index contributed by atoms with van der Waals surface area (Å²) in [7, 11) is 0. The van der Waals surface area contributed by atoms with Crippen molar-refractivity contribution in [2.24, 2.45) is 11.7 Å². The molecule has 114 valence electrons. The molecule has 0 heterocycles. The van der Waals surface area contributed by atoms with E-state index in [0.29, 0.717) is 12.0 Å². The summed E-state index contributed by atoms with van der Waals surface area (Å²) in [5.41, 5.74) is 5.71. The van der Waals surface area contributed by atoms with Crippen LogP contribution < -0.4 is 16.4 Å². The summed E-state index contributed by atoms with van der Waals surface area (Å²) in [4.78, 5) is 34.8. The summed E-state index contributed by atoms with van der Waals surface area (Å²) in [5.74, 6) is -1.14. The van der Waals surface area contributed by atoms with Gasteiger partial charge in [-0.1, -0.05) is 32.0 Å². The smallest absolute Gasteiger partial charge is 0.251 e. The number of nitrogens with two attached hydrogens (primary N) is 1. The molecule has 6 nitrogen and oxygen atoms in total. The van der Waals surface area contributed by atoms with E-state index in [0.717, 1.165) is 0 Å². The second-order valence-electron chi connectivity index (χ2n) is 5.20. The van der Waals surface area contributed by atoms with E-state index < -0.39 is 17.9 Å². The highest BCUT2D eigenvalue weighted by atomic mass is 16.2. The Morgan fingerprint density at radius 2 is 1.76 bits per heavy atom. The topological polar surface area (TPSA) is 101 Å². The van der Waals surface area contributed by atoms with Crippen LogP contribution in [-0.2, 0) is 9.59 Å². The largest absolute Gasteiger partial charge is 0.368 e. The zero-order valence-electron chi connectivity index (χ0n) is 12.3. The Labute approximate surface area is 124 Å². The average molecular weight is 291 g/mol. The number of benzene rings is 1. The van der Waals surface area contributed by atoms with Crippen LogP contribution in [-0.4, -0.2) is 30.3 Å². The highest BCUT2D eigenvalue weighted by Gasteiger charge is 2.19. The highest BCUT2D eigenvalue weighted by molar-refractivity contribution is 5.97. The van der Waals surface area contributed by atoms with Gasteiger partial charge in [0.15, 0.2) is 0 Å². The van der Waals surface area contributed by atoms with Crippen molar-refractivity contribution in [3.63, 3.8) is 0 Å². The summed E-state index contributed by atoms with van der Waals surface area (Å²) in [6.07, 6.45) is 0.466. The molecule has 1 rings (SSSR count). The summed E-state index contributed by atoms with van der Waals surface area (Å²) < 4.78 is 0. The molecule has 0 radical (unpaired) electrons. The zero-order chi connectivity index (χ0) is 15.8. The van der Waals surface area contributed by atoms with E-state index in [1.807, 2.05) is 13.8 Å². The van der Waals surface area contributed by atoms with E-state index in [4.69, 9.17) is 5.73 Å². The quantitative estimate of drug-likeness (QED) is 0.679. The van der Waals surface area contributed by atoms with Crippen molar-refractivity contribution in [1.29, 1.82) is 0 Å². The van der Waals surface area contributed by atoms with Gasteiger partial charge in [0.05, 0.1) is 6.54 Å². The maximum absolute atomic E-state index is 11.8. The fraction of sp³-hybridized carbons (Fsp3) is 0.400. The molecular formula is C15H21N3O3. The molecule has 0 aliphatic heterocycles. The van der Waals surface area contributed by atoms with Gasteiger partial charge in [0.1, 0.15) is 6.04 Å². The maximum atomic E-state index is 11.8. The molecule has 0 saturated heterocycles. The molecule has 1 aromatic carbocycles. The number of carbonyl (C=O) groups excluding carboxylic acids is 3. The fourth-order valence-corrected chi connectivity index (χ4v) is 1.82. The van der Waals surface area contributed by atoms with Gasteiger partial charge in [0, 0.05) is 5.56 Å². The van der Waals surface area contributed by atoms with E-state index in [1.165, 1.54) is 0 Å². The van der Waals surface area contributed by atoms with Gasteiger partial charge in [-0.3, -0.25) is 14.4 Å². The molecule has 0 saturated carbocycles. The van der Waals surface area contributed by atoms with Gasteiger partial charge in [-0.2, -0.15) is 0 Å². The monoisotopic (exact) mass is 291 g/mol. The number of primary amides is 1. The summed E-state index contributed by atoms with van der Waals surface area (Å²) in [6.45, 7) is 3.66. The molecule has 0 spiro atoms. The predicted molar refractivity (Wildman–Crippen MR) is 79.4 cm³/mol. The van der Waals surface area contributed by atoms with Crippen LogP contribution in [0.3, 0.4) is 0 Å². The molecule has 0 bridgehead atoms. The molecule has 4 N–H and O–H groups in total. The summed E-state index contributed by atoms with van der Waals surface area (Å²) >= 11 is 0. The predicted octanol–water partition coefficient (Wildman–Crippen LogP) is 0.433. The Morgan fingerprint density at radius 1 is 1.14 bits per heavy atom. The van der Waals surface area contributed by atoms with Crippen LogP contribution in [0.25, 0.3) is 0 Å². The maximum Gasteiger partial charge on any atom is 0.251 e. The van der Waals surface area contributed by atoms with Crippen molar-refractivity contribution < 1.29 is 14.4 Å². The third-order valence-electron chi connectivity index (χ3n) is 2.83. The van der Waals surface area contributed by atoms with E-state index in [2.05, 4.69) is 10.6 Å². The third-order valence-corrected chi connectivity index (χ3v) is 2.83. The lowest BCUT2D eigenvalue weighted by Crippen LogP contribution is -2.48. The van der Waals surface area contributed by atoms with Crippen molar-refractivity contribution in [2.45, 2.75) is 26.3 Å². The number of amides is 3. The molecule has 0 aliphatic carbocycles. The van der Waals surface area contributed by atoms with Crippen LogP contribution in [0, 0.1) is 5.92 Å². The molecular weight excluding hydrogens is 270 g/mol. The lowest BCUT2D eigenvalue weighted by atomic mass is 10.0. The van der Waals surface area contributed by atoms with Crippen LogP contribution in [0.1, 0.15) is 30.6 Å². The first-order chi connectivity index (χ1) is 9.90. The van der Waals surface area contributed by atoms with Crippen LogP contribution in [0.15, 0.2) is 30.3 Å². The SMILES string of the molecule is CC(C)C[C@H](NC(=O)CNC(=O)c1ccccc1)C(N)=O.